The fourth-order valence-corrected chi connectivity index (χ4v) is 2.67. The number of methoxy groups -OCH3 is 1. The van der Waals surface area contributed by atoms with Crippen molar-refractivity contribution in [2.45, 2.75) is 6.92 Å². The number of pyridine rings is 1. The molecule has 0 radical (unpaired) electrons. The van der Waals surface area contributed by atoms with Crippen LogP contribution >= 0.6 is 0 Å². The minimum Gasteiger partial charge on any atom is -0.540 e. The van der Waals surface area contributed by atoms with E-state index in [0.29, 0.717) is 0 Å². The zero-order valence-corrected chi connectivity index (χ0v) is 18.2. The Morgan fingerprint density at radius 1 is 0.750 bits per heavy atom. The Bertz CT molecular complexity index is 920. The average molecular weight is 543 g/mol. The Kier molecular flexibility index (Phi) is 8.61. The number of aryl methyl sites for hydroxylation is 1. The third-order valence-corrected chi connectivity index (χ3v) is 3.98. The Hall–Kier alpha value is -2.74. The monoisotopic (exact) mass is 543 g/mol. The first-order valence-electron chi connectivity index (χ1n) is 8.70. The van der Waals surface area contributed by atoms with Gasteiger partial charge in [0.1, 0.15) is 0 Å². The third kappa shape index (κ3) is 5.63. The summed E-state index contributed by atoms with van der Waals surface area (Å²) in [4.78, 5) is 4.29. The summed E-state index contributed by atoms with van der Waals surface area (Å²) in [5.74, 6) is 0.844. The van der Waals surface area contributed by atoms with E-state index >= 15 is 0 Å². The number of nitrogens with zero attached hydrogens (tertiary/aromatic N) is 1. The number of rotatable bonds is 3. The fraction of sp³-hybridized carbons (Fsp3) is 0.0800. The van der Waals surface area contributed by atoms with Crippen LogP contribution in [0.2, 0.25) is 0 Å². The molecule has 0 bridgehead atoms. The molecule has 0 amide bonds. The van der Waals surface area contributed by atoms with Gasteiger partial charge in [-0.3, -0.25) is 0 Å². The number of benzene rings is 3. The van der Waals surface area contributed by atoms with E-state index in [4.69, 9.17) is 4.74 Å². The van der Waals surface area contributed by atoms with Gasteiger partial charge in [-0.05, 0) is 11.8 Å². The largest absolute Gasteiger partial charge is 3.00 e. The molecule has 2 nitrogen and oxygen atoms in total. The van der Waals surface area contributed by atoms with Gasteiger partial charge in [0.25, 0.3) is 0 Å². The van der Waals surface area contributed by atoms with Crippen molar-refractivity contribution in [3.63, 3.8) is 0 Å². The van der Waals surface area contributed by atoms with Crippen LogP contribution in [0, 0.1) is 25.1 Å². The molecule has 3 aromatic carbocycles. The maximum Gasteiger partial charge on any atom is 3.00 e. The van der Waals surface area contributed by atoms with E-state index < -0.39 is 0 Å². The molecule has 140 valence electrons. The molecule has 0 aliphatic rings. The average Bonchev–Trinajstić information content (AvgIpc) is 2.76. The number of ether oxygens (including phenoxy) is 1. The Morgan fingerprint density at radius 3 is 1.89 bits per heavy atom. The van der Waals surface area contributed by atoms with Gasteiger partial charge in [0.15, 0.2) is 0 Å². The second kappa shape index (κ2) is 11.2. The van der Waals surface area contributed by atoms with E-state index in [1.807, 2.05) is 85.8 Å². The topological polar surface area (TPSA) is 22.1 Å². The minimum absolute atomic E-state index is 0. The van der Waals surface area contributed by atoms with Gasteiger partial charge in [0.2, 0.25) is 0 Å². The molecule has 28 heavy (non-hydrogen) atoms. The van der Waals surface area contributed by atoms with Gasteiger partial charge in [0, 0.05) is 11.9 Å². The summed E-state index contributed by atoms with van der Waals surface area (Å²) in [5, 5.41) is 0. The molecule has 1 heterocycles. The van der Waals surface area contributed by atoms with E-state index in [1.165, 1.54) is 0 Å². The minimum atomic E-state index is 0. The molecule has 0 atom stereocenters. The van der Waals surface area contributed by atoms with Crippen molar-refractivity contribution < 1.29 is 24.8 Å². The first-order valence-corrected chi connectivity index (χ1v) is 8.70. The number of hydrogen-bond donors (Lipinski definition) is 0. The summed E-state index contributed by atoms with van der Waals surface area (Å²) >= 11 is 0. The van der Waals surface area contributed by atoms with E-state index in [1.54, 1.807) is 13.3 Å². The van der Waals surface area contributed by atoms with Crippen LogP contribution < -0.4 is 4.74 Å². The van der Waals surface area contributed by atoms with Crippen LogP contribution in [0.5, 0.6) is 5.75 Å². The van der Waals surface area contributed by atoms with Crippen molar-refractivity contribution in [3.05, 3.63) is 109 Å². The summed E-state index contributed by atoms with van der Waals surface area (Å²) in [7, 11) is 1.67. The molecule has 0 aliphatic carbocycles. The summed E-state index contributed by atoms with van der Waals surface area (Å²) in [6, 6.07) is 35.0. The predicted molar refractivity (Wildman–Crippen MR) is 109 cm³/mol. The smallest absolute Gasteiger partial charge is 0.540 e. The first kappa shape index (κ1) is 21.6. The predicted octanol–water partition coefficient (Wildman–Crippen LogP) is 5.82. The molecule has 0 aliphatic heterocycles. The van der Waals surface area contributed by atoms with E-state index in [9.17, 15) is 0 Å². The third-order valence-electron chi connectivity index (χ3n) is 3.98. The molecule has 0 fully saturated rings. The Balaban J connectivity index is 0.000000198. The van der Waals surface area contributed by atoms with Gasteiger partial charge < -0.3 is 9.72 Å². The molecule has 4 rings (SSSR count). The van der Waals surface area contributed by atoms with Crippen LogP contribution in [0.4, 0.5) is 0 Å². The summed E-state index contributed by atoms with van der Waals surface area (Å²) in [5.41, 5.74) is 5.09. The van der Waals surface area contributed by atoms with Crippen molar-refractivity contribution in [2.24, 2.45) is 0 Å². The van der Waals surface area contributed by atoms with Gasteiger partial charge in [0.05, 0.1) is 7.11 Å². The quantitative estimate of drug-likeness (QED) is 0.305. The van der Waals surface area contributed by atoms with Crippen LogP contribution in [0.25, 0.3) is 22.4 Å². The molecule has 1 aromatic heterocycles. The van der Waals surface area contributed by atoms with Crippen LogP contribution in [0.3, 0.4) is 0 Å². The van der Waals surface area contributed by atoms with Crippen LogP contribution in [-0.2, 0) is 20.1 Å². The normalized spacial score (nSPS) is 9.50. The molecule has 0 N–H and O–H groups in total. The zero-order chi connectivity index (χ0) is 18.9. The molecular weight excluding hydrogens is 522 g/mol. The van der Waals surface area contributed by atoms with Gasteiger partial charge in [-0.15, -0.1) is 30.3 Å². The second-order valence-corrected chi connectivity index (χ2v) is 5.84. The van der Waals surface area contributed by atoms with E-state index in [-0.39, 0.29) is 20.1 Å². The van der Waals surface area contributed by atoms with Crippen molar-refractivity contribution in [3.8, 4) is 28.1 Å². The SMILES string of the molecule is COc1c(-c2ccccn2)[c-]ccc1C.[Ir+3].[c-]1ccccc1-c1[c-]cccc1. The van der Waals surface area contributed by atoms with E-state index in [2.05, 4.69) is 23.2 Å². The fourth-order valence-electron chi connectivity index (χ4n) is 2.67. The molecule has 3 heteroatoms. The van der Waals surface area contributed by atoms with Gasteiger partial charge in [-0.25, -0.2) is 11.1 Å². The Labute approximate surface area is 180 Å². The summed E-state index contributed by atoms with van der Waals surface area (Å²) < 4.78 is 5.36. The van der Waals surface area contributed by atoms with Gasteiger partial charge in [-0.1, -0.05) is 30.2 Å². The van der Waals surface area contributed by atoms with Gasteiger partial charge in [-0.2, -0.15) is 48.5 Å². The van der Waals surface area contributed by atoms with Crippen molar-refractivity contribution in [1.82, 2.24) is 4.98 Å². The Morgan fingerprint density at radius 2 is 1.39 bits per heavy atom. The van der Waals surface area contributed by atoms with E-state index in [0.717, 1.165) is 33.7 Å². The molecular formula is C25H20IrNO. The molecule has 0 saturated heterocycles. The second-order valence-electron chi connectivity index (χ2n) is 5.84. The van der Waals surface area contributed by atoms with Crippen LogP contribution in [0.15, 0.2) is 85.1 Å². The molecule has 0 unspecified atom stereocenters. The maximum absolute atomic E-state index is 5.36. The maximum atomic E-state index is 5.36. The van der Waals surface area contributed by atoms with Crippen molar-refractivity contribution in [1.29, 1.82) is 0 Å². The zero-order valence-electron chi connectivity index (χ0n) is 15.8. The van der Waals surface area contributed by atoms with Gasteiger partial charge >= 0.3 is 20.1 Å². The first-order chi connectivity index (χ1) is 13.3. The summed E-state index contributed by atoms with van der Waals surface area (Å²) in [6.45, 7) is 2.01. The number of hydrogen-bond acceptors (Lipinski definition) is 2. The van der Waals surface area contributed by atoms with Crippen LogP contribution in [-0.4, -0.2) is 12.1 Å². The molecule has 0 saturated carbocycles. The molecule has 4 aromatic rings. The van der Waals surface area contributed by atoms with Crippen molar-refractivity contribution in [2.75, 3.05) is 7.11 Å². The van der Waals surface area contributed by atoms with Crippen LogP contribution in [0.1, 0.15) is 5.56 Å². The standard InChI is InChI=1S/C13H12NO.C12H8.Ir/c1-10-6-5-7-11(13(10)15-2)12-8-3-4-9-14-12;1-3-7-11(8-4-1)12-9-5-2-6-10-12;/h3-6,8-9H,1-2H3;1-7,9H;/q-1;-2;+3. The van der Waals surface area contributed by atoms with Crippen molar-refractivity contribution >= 4 is 0 Å². The summed E-state index contributed by atoms with van der Waals surface area (Å²) in [6.07, 6.45) is 1.77. The molecule has 0 spiro atoms. The number of aromatic nitrogens is 1.